The Morgan fingerprint density at radius 2 is 1.91 bits per heavy atom. The summed E-state index contributed by atoms with van der Waals surface area (Å²) in [4.78, 5) is 21.0. The predicted molar refractivity (Wildman–Crippen MR) is 85.2 cm³/mol. The van der Waals surface area contributed by atoms with Gasteiger partial charge in [-0.25, -0.2) is 4.98 Å². The largest absolute Gasteiger partial charge is 0.372 e. The van der Waals surface area contributed by atoms with Crippen LogP contribution in [-0.2, 0) is 4.74 Å². The first-order valence-electron chi connectivity index (χ1n) is 8.00. The number of piperazine rings is 1. The van der Waals surface area contributed by atoms with E-state index in [4.69, 9.17) is 4.74 Å². The SMILES string of the molecule is CC1CN(c2ccc(C(=O)N3CCNCC3)cn2)CC(C)O1. The van der Waals surface area contributed by atoms with Gasteiger partial charge in [-0.2, -0.15) is 0 Å². The average Bonchev–Trinajstić information content (AvgIpc) is 2.54. The van der Waals surface area contributed by atoms with E-state index in [1.54, 1.807) is 6.20 Å². The van der Waals surface area contributed by atoms with Crippen molar-refractivity contribution in [3.05, 3.63) is 23.9 Å². The molecule has 2 fully saturated rings. The maximum absolute atomic E-state index is 12.4. The van der Waals surface area contributed by atoms with Crippen molar-refractivity contribution in [1.29, 1.82) is 0 Å². The van der Waals surface area contributed by atoms with Crippen molar-refractivity contribution in [3.8, 4) is 0 Å². The Kier molecular flexibility index (Phi) is 4.59. The molecule has 2 aliphatic heterocycles. The molecule has 2 atom stereocenters. The van der Waals surface area contributed by atoms with Crippen molar-refractivity contribution >= 4 is 11.7 Å². The average molecular weight is 304 g/mol. The van der Waals surface area contributed by atoms with Gasteiger partial charge >= 0.3 is 0 Å². The third-order valence-corrected chi connectivity index (χ3v) is 4.14. The second-order valence-corrected chi connectivity index (χ2v) is 6.11. The first-order valence-corrected chi connectivity index (χ1v) is 8.00. The van der Waals surface area contributed by atoms with Gasteiger partial charge in [-0.1, -0.05) is 0 Å². The number of pyridine rings is 1. The highest BCUT2D eigenvalue weighted by Gasteiger charge is 2.24. The Bertz CT molecular complexity index is 503. The van der Waals surface area contributed by atoms with Crippen LogP contribution in [0.25, 0.3) is 0 Å². The van der Waals surface area contributed by atoms with Gasteiger partial charge in [0.15, 0.2) is 0 Å². The number of hydrogen-bond donors (Lipinski definition) is 1. The molecule has 0 bridgehead atoms. The van der Waals surface area contributed by atoms with Gasteiger partial charge < -0.3 is 19.9 Å². The topological polar surface area (TPSA) is 57.7 Å². The number of hydrogen-bond acceptors (Lipinski definition) is 5. The Labute approximate surface area is 131 Å². The quantitative estimate of drug-likeness (QED) is 0.873. The molecule has 0 aromatic carbocycles. The monoisotopic (exact) mass is 304 g/mol. The molecule has 0 spiro atoms. The number of nitrogens with one attached hydrogen (secondary N) is 1. The van der Waals surface area contributed by atoms with Gasteiger partial charge in [0, 0.05) is 45.5 Å². The number of nitrogens with zero attached hydrogens (tertiary/aromatic N) is 3. The maximum Gasteiger partial charge on any atom is 0.255 e. The standard InChI is InChI=1S/C16H24N4O2/c1-12-10-20(11-13(2)22-12)15-4-3-14(9-18-15)16(21)19-7-5-17-6-8-19/h3-4,9,12-13,17H,5-8,10-11H2,1-2H3. The molecular formula is C16H24N4O2. The first kappa shape index (κ1) is 15.2. The van der Waals surface area contributed by atoms with Gasteiger partial charge in [0.2, 0.25) is 0 Å². The van der Waals surface area contributed by atoms with E-state index in [1.165, 1.54) is 0 Å². The summed E-state index contributed by atoms with van der Waals surface area (Å²) in [6, 6.07) is 3.83. The third-order valence-electron chi connectivity index (χ3n) is 4.14. The molecule has 1 aromatic rings. The number of carbonyl (C=O) groups is 1. The number of aromatic nitrogens is 1. The van der Waals surface area contributed by atoms with E-state index in [1.807, 2.05) is 17.0 Å². The van der Waals surface area contributed by atoms with Crippen LogP contribution in [-0.4, -0.2) is 67.3 Å². The minimum Gasteiger partial charge on any atom is -0.372 e. The Balaban J connectivity index is 1.68. The minimum absolute atomic E-state index is 0.0734. The number of carbonyl (C=O) groups excluding carboxylic acids is 1. The van der Waals surface area contributed by atoms with Crippen molar-refractivity contribution in [3.63, 3.8) is 0 Å². The third kappa shape index (κ3) is 3.39. The molecule has 3 heterocycles. The molecule has 2 aliphatic rings. The summed E-state index contributed by atoms with van der Waals surface area (Å²) in [5.41, 5.74) is 0.667. The molecule has 0 saturated carbocycles. The van der Waals surface area contributed by atoms with E-state index < -0.39 is 0 Å². The van der Waals surface area contributed by atoms with Crippen LogP contribution in [0.3, 0.4) is 0 Å². The van der Waals surface area contributed by atoms with Crippen LogP contribution in [0, 0.1) is 0 Å². The lowest BCUT2D eigenvalue weighted by Gasteiger charge is -2.36. The molecule has 120 valence electrons. The van der Waals surface area contributed by atoms with Crippen LogP contribution in [0.4, 0.5) is 5.82 Å². The zero-order valence-electron chi connectivity index (χ0n) is 13.3. The molecule has 22 heavy (non-hydrogen) atoms. The summed E-state index contributed by atoms with van der Waals surface area (Å²) in [5.74, 6) is 0.989. The fourth-order valence-corrected chi connectivity index (χ4v) is 3.12. The van der Waals surface area contributed by atoms with Crippen molar-refractivity contribution < 1.29 is 9.53 Å². The zero-order valence-corrected chi connectivity index (χ0v) is 13.3. The molecular weight excluding hydrogens is 280 g/mol. The Morgan fingerprint density at radius 1 is 1.23 bits per heavy atom. The van der Waals surface area contributed by atoms with Crippen molar-refractivity contribution in [1.82, 2.24) is 15.2 Å². The molecule has 0 radical (unpaired) electrons. The lowest BCUT2D eigenvalue weighted by atomic mass is 10.2. The van der Waals surface area contributed by atoms with Crippen LogP contribution in [0.2, 0.25) is 0 Å². The number of morpholine rings is 1. The molecule has 1 amide bonds. The summed E-state index contributed by atoms with van der Waals surface area (Å²) in [6.07, 6.45) is 2.10. The lowest BCUT2D eigenvalue weighted by molar-refractivity contribution is -0.00546. The van der Waals surface area contributed by atoms with Gasteiger partial charge in [-0.05, 0) is 26.0 Å². The van der Waals surface area contributed by atoms with Crippen molar-refractivity contribution in [2.75, 3.05) is 44.2 Å². The Morgan fingerprint density at radius 3 is 2.50 bits per heavy atom. The molecule has 2 unspecified atom stereocenters. The number of anilines is 1. The van der Waals surface area contributed by atoms with E-state index in [0.717, 1.165) is 45.1 Å². The van der Waals surface area contributed by atoms with Gasteiger partial charge in [-0.3, -0.25) is 4.79 Å². The summed E-state index contributed by atoms with van der Waals surface area (Å²) in [6.45, 7) is 9.07. The van der Waals surface area contributed by atoms with E-state index >= 15 is 0 Å². The van der Waals surface area contributed by atoms with Crippen LogP contribution in [0.15, 0.2) is 18.3 Å². The van der Waals surface area contributed by atoms with Crippen LogP contribution in [0.1, 0.15) is 24.2 Å². The predicted octanol–water partition coefficient (Wildman–Crippen LogP) is 0.741. The fraction of sp³-hybridized carbons (Fsp3) is 0.625. The number of ether oxygens (including phenoxy) is 1. The van der Waals surface area contributed by atoms with Gasteiger partial charge in [0.1, 0.15) is 5.82 Å². The van der Waals surface area contributed by atoms with Crippen LogP contribution >= 0.6 is 0 Å². The first-order chi connectivity index (χ1) is 10.6. The second kappa shape index (κ2) is 6.62. The van der Waals surface area contributed by atoms with Gasteiger partial charge in [0.05, 0.1) is 17.8 Å². The molecule has 6 nitrogen and oxygen atoms in total. The van der Waals surface area contributed by atoms with Gasteiger partial charge in [0.25, 0.3) is 5.91 Å². The maximum atomic E-state index is 12.4. The number of rotatable bonds is 2. The highest BCUT2D eigenvalue weighted by molar-refractivity contribution is 5.94. The molecule has 6 heteroatoms. The molecule has 1 N–H and O–H groups in total. The summed E-state index contributed by atoms with van der Waals surface area (Å²) < 4.78 is 5.74. The highest BCUT2D eigenvalue weighted by Crippen LogP contribution is 2.18. The van der Waals surface area contributed by atoms with E-state index in [2.05, 4.69) is 29.0 Å². The Hall–Kier alpha value is -1.66. The zero-order chi connectivity index (χ0) is 15.5. The lowest BCUT2D eigenvalue weighted by Crippen LogP contribution is -2.46. The van der Waals surface area contributed by atoms with Crippen molar-refractivity contribution in [2.24, 2.45) is 0 Å². The molecule has 1 aromatic heterocycles. The second-order valence-electron chi connectivity index (χ2n) is 6.11. The summed E-state index contributed by atoms with van der Waals surface area (Å²) >= 11 is 0. The molecule has 2 saturated heterocycles. The summed E-state index contributed by atoms with van der Waals surface area (Å²) in [7, 11) is 0. The highest BCUT2D eigenvalue weighted by atomic mass is 16.5. The normalized spacial score (nSPS) is 26.1. The van der Waals surface area contributed by atoms with Crippen molar-refractivity contribution in [2.45, 2.75) is 26.1 Å². The molecule has 3 rings (SSSR count). The van der Waals surface area contributed by atoms with E-state index in [-0.39, 0.29) is 18.1 Å². The minimum atomic E-state index is 0.0734. The van der Waals surface area contributed by atoms with E-state index in [9.17, 15) is 4.79 Å². The molecule has 0 aliphatic carbocycles. The fourth-order valence-electron chi connectivity index (χ4n) is 3.12. The van der Waals surface area contributed by atoms with E-state index in [0.29, 0.717) is 5.56 Å². The van der Waals surface area contributed by atoms with Crippen LogP contribution in [0.5, 0.6) is 0 Å². The van der Waals surface area contributed by atoms with Crippen LogP contribution < -0.4 is 10.2 Å². The number of amides is 1. The smallest absolute Gasteiger partial charge is 0.255 e. The summed E-state index contributed by atoms with van der Waals surface area (Å²) in [5, 5.41) is 3.25. The van der Waals surface area contributed by atoms with Gasteiger partial charge in [-0.15, -0.1) is 0 Å².